The van der Waals surface area contributed by atoms with Gasteiger partial charge in [0.1, 0.15) is 0 Å². The van der Waals surface area contributed by atoms with Crippen molar-refractivity contribution in [2.45, 2.75) is 45.6 Å². The van der Waals surface area contributed by atoms with E-state index in [9.17, 15) is 4.79 Å². The summed E-state index contributed by atoms with van der Waals surface area (Å²) in [5, 5.41) is 4.29. The molecule has 1 fully saturated rings. The molecule has 1 saturated heterocycles. The van der Waals surface area contributed by atoms with Gasteiger partial charge < -0.3 is 10.2 Å². The molecule has 2 atom stereocenters. The summed E-state index contributed by atoms with van der Waals surface area (Å²) in [5.74, 6) is 0.772. The molecule has 3 nitrogen and oxygen atoms in total. The molecule has 3 rings (SSSR count). The highest BCUT2D eigenvalue weighted by molar-refractivity contribution is 6.35. The fourth-order valence-electron chi connectivity index (χ4n) is 3.77. The standard InChI is InChI=1S/C23H28Cl2N2O/c1-16-4-3-13-27(15-16)21-10-6-18(7-11-21)17(2)26-23(28)12-8-19-5-9-20(24)14-22(19)25/h5-7,9-11,14,16-17H,3-4,8,12-13,15H2,1-2H3,(H,26,28)/t16-,17-/m1/s1. The highest BCUT2D eigenvalue weighted by atomic mass is 35.5. The number of halogens is 2. The van der Waals surface area contributed by atoms with E-state index in [2.05, 4.69) is 41.4 Å². The van der Waals surface area contributed by atoms with Crippen LogP contribution in [0.3, 0.4) is 0 Å². The zero-order valence-corrected chi connectivity index (χ0v) is 18.1. The van der Waals surface area contributed by atoms with Crippen LogP contribution in [0.2, 0.25) is 10.0 Å². The van der Waals surface area contributed by atoms with Crippen LogP contribution < -0.4 is 10.2 Å². The Kier molecular flexibility index (Phi) is 7.25. The Hall–Kier alpha value is -1.71. The molecule has 2 aromatic rings. The SMILES string of the molecule is C[C@@H]1CCCN(c2ccc([C@@H](C)NC(=O)CCc3ccc(Cl)cc3Cl)cc2)C1. The maximum atomic E-state index is 12.3. The molecule has 2 aromatic carbocycles. The highest BCUT2D eigenvalue weighted by Gasteiger charge is 2.17. The van der Waals surface area contributed by atoms with Gasteiger partial charge in [-0.2, -0.15) is 0 Å². The maximum Gasteiger partial charge on any atom is 0.220 e. The van der Waals surface area contributed by atoms with Crippen LogP contribution in [-0.2, 0) is 11.2 Å². The molecule has 1 N–H and O–H groups in total. The van der Waals surface area contributed by atoms with Crippen molar-refractivity contribution in [2.24, 2.45) is 5.92 Å². The first-order valence-electron chi connectivity index (χ1n) is 10.0. The van der Waals surface area contributed by atoms with Gasteiger partial charge in [-0.15, -0.1) is 0 Å². The highest BCUT2D eigenvalue weighted by Crippen LogP contribution is 2.25. The molecule has 0 spiro atoms. The quantitative estimate of drug-likeness (QED) is 0.619. The largest absolute Gasteiger partial charge is 0.371 e. The zero-order chi connectivity index (χ0) is 20.1. The predicted octanol–water partition coefficient (Wildman–Crippen LogP) is 6.04. The Balaban J connectivity index is 1.52. The first kappa shape index (κ1) is 21.0. The van der Waals surface area contributed by atoms with Gasteiger partial charge in [-0.05, 0) is 67.5 Å². The third-order valence-electron chi connectivity index (χ3n) is 5.43. The molecular weight excluding hydrogens is 391 g/mol. The number of benzene rings is 2. The molecule has 1 heterocycles. The second kappa shape index (κ2) is 9.67. The Morgan fingerprint density at radius 1 is 1.21 bits per heavy atom. The lowest BCUT2D eigenvalue weighted by molar-refractivity contribution is -0.121. The Morgan fingerprint density at radius 3 is 2.64 bits per heavy atom. The average molecular weight is 419 g/mol. The third-order valence-corrected chi connectivity index (χ3v) is 6.02. The van der Waals surface area contributed by atoms with Crippen molar-refractivity contribution in [2.75, 3.05) is 18.0 Å². The minimum atomic E-state index is -0.0254. The number of nitrogens with one attached hydrogen (secondary N) is 1. The van der Waals surface area contributed by atoms with Crippen molar-refractivity contribution in [1.82, 2.24) is 5.32 Å². The minimum absolute atomic E-state index is 0.0208. The van der Waals surface area contributed by atoms with Crippen LogP contribution in [0.25, 0.3) is 0 Å². The van der Waals surface area contributed by atoms with Crippen LogP contribution >= 0.6 is 23.2 Å². The molecule has 1 aliphatic rings. The number of nitrogens with zero attached hydrogens (tertiary/aromatic N) is 1. The molecule has 0 bridgehead atoms. The van der Waals surface area contributed by atoms with E-state index in [0.29, 0.717) is 22.9 Å². The van der Waals surface area contributed by atoms with E-state index in [1.165, 1.54) is 18.5 Å². The summed E-state index contributed by atoms with van der Waals surface area (Å²) < 4.78 is 0. The van der Waals surface area contributed by atoms with Crippen molar-refractivity contribution in [3.8, 4) is 0 Å². The lowest BCUT2D eigenvalue weighted by atomic mass is 9.99. The number of carbonyl (C=O) groups excluding carboxylic acids is 1. The number of aryl methyl sites for hydroxylation is 1. The van der Waals surface area contributed by atoms with Crippen LogP contribution in [0.1, 0.15) is 50.3 Å². The van der Waals surface area contributed by atoms with Crippen LogP contribution in [0.15, 0.2) is 42.5 Å². The minimum Gasteiger partial charge on any atom is -0.371 e. The molecule has 5 heteroatoms. The molecule has 0 radical (unpaired) electrons. The number of hydrogen-bond donors (Lipinski definition) is 1. The monoisotopic (exact) mass is 418 g/mol. The summed E-state index contributed by atoms with van der Waals surface area (Å²) in [4.78, 5) is 14.8. The average Bonchev–Trinajstić information content (AvgIpc) is 2.67. The van der Waals surface area contributed by atoms with Crippen molar-refractivity contribution < 1.29 is 4.79 Å². The van der Waals surface area contributed by atoms with Crippen molar-refractivity contribution in [3.63, 3.8) is 0 Å². The van der Waals surface area contributed by atoms with Gasteiger partial charge in [-0.25, -0.2) is 0 Å². The smallest absolute Gasteiger partial charge is 0.220 e. The fraction of sp³-hybridized carbons (Fsp3) is 0.435. The number of hydrogen-bond acceptors (Lipinski definition) is 2. The molecule has 1 aliphatic heterocycles. The summed E-state index contributed by atoms with van der Waals surface area (Å²) in [7, 11) is 0. The van der Waals surface area contributed by atoms with Crippen LogP contribution in [0, 0.1) is 5.92 Å². The summed E-state index contributed by atoms with van der Waals surface area (Å²) in [5.41, 5.74) is 3.33. The van der Waals surface area contributed by atoms with Crippen molar-refractivity contribution in [1.29, 1.82) is 0 Å². The molecule has 0 unspecified atom stereocenters. The van der Waals surface area contributed by atoms with Gasteiger partial charge in [-0.1, -0.05) is 48.3 Å². The molecular formula is C23H28Cl2N2O. The van der Waals surface area contributed by atoms with Gasteiger partial charge in [0.05, 0.1) is 6.04 Å². The van der Waals surface area contributed by atoms with E-state index in [0.717, 1.165) is 30.1 Å². The predicted molar refractivity (Wildman–Crippen MR) is 118 cm³/mol. The van der Waals surface area contributed by atoms with Gasteiger partial charge in [0, 0.05) is 35.2 Å². The lowest BCUT2D eigenvalue weighted by Gasteiger charge is -2.33. The molecule has 0 aliphatic carbocycles. The molecule has 0 saturated carbocycles. The van der Waals surface area contributed by atoms with Crippen molar-refractivity contribution >= 4 is 34.8 Å². The number of anilines is 1. The molecule has 0 aromatic heterocycles. The Morgan fingerprint density at radius 2 is 1.96 bits per heavy atom. The fourth-order valence-corrected chi connectivity index (χ4v) is 4.27. The topological polar surface area (TPSA) is 32.3 Å². The first-order chi connectivity index (χ1) is 13.4. The summed E-state index contributed by atoms with van der Waals surface area (Å²) >= 11 is 12.1. The van der Waals surface area contributed by atoms with E-state index in [1.54, 1.807) is 12.1 Å². The van der Waals surface area contributed by atoms with Crippen LogP contribution in [0.5, 0.6) is 0 Å². The van der Waals surface area contributed by atoms with Gasteiger partial charge in [0.25, 0.3) is 0 Å². The first-order valence-corrected chi connectivity index (χ1v) is 10.8. The zero-order valence-electron chi connectivity index (χ0n) is 16.6. The number of rotatable bonds is 6. The van der Waals surface area contributed by atoms with E-state index >= 15 is 0 Å². The Bertz CT molecular complexity index is 807. The van der Waals surface area contributed by atoms with E-state index in [4.69, 9.17) is 23.2 Å². The molecule has 1 amide bonds. The summed E-state index contributed by atoms with van der Waals surface area (Å²) in [6.45, 7) is 6.59. The van der Waals surface area contributed by atoms with E-state index in [-0.39, 0.29) is 11.9 Å². The van der Waals surface area contributed by atoms with Crippen LogP contribution in [0.4, 0.5) is 5.69 Å². The van der Waals surface area contributed by atoms with Crippen LogP contribution in [-0.4, -0.2) is 19.0 Å². The van der Waals surface area contributed by atoms with Gasteiger partial charge >= 0.3 is 0 Å². The number of piperidine rings is 1. The van der Waals surface area contributed by atoms with Gasteiger partial charge in [0.2, 0.25) is 5.91 Å². The third kappa shape index (κ3) is 5.65. The second-order valence-corrected chi connectivity index (χ2v) is 8.65. The Labute approximate surface area is 178 Å². The molecule has 28 heavy (non-hydrogen) atoms. The van der Waals surface area contributed by atoms with E-state index < -0.39 is 0 Å². The van der Waals surface area contributed by atoms with Gasteiger partial charge in [-0.3, -0.25) is 4.79 Å². The second-order valence-electron chi connectivity index (χ2n) is 7.81. The summed E-state index contributed by atoms with van der Waals surface area (Å²) in [6, 6.07) is 13.9. The van der Waals surface area contributed by atoms with Gasteiger partial charge in [0.15, 0.2) is 0 Å². The number of amides is 1. The summed E-state index contributed by atoms with van der Waals surface area (Å²) in [6.07, 6.45) is 3.57. The van der Waals surface area contributed by atoms with E-state index in [1.807, 2.05) is 13.0 Å². The maximum absolute atomic E-state index is 12.3. The number of carbonyl (C=O) groups is 1. The lowest BCUT2D eigenvalue weighted by Crippen LogP contribution is -2.34. The normalized spacial score (nSPS) is 18.0. The van der Waals surface area contributed by atoms with Crippen molar-refractivity contribution in [3.05, 3.63) is 63.6 Å². The molecule has 150 valence electrons.